The second-order valence-electron chi connectivity index (χ2n) is 6.83. The summed E-state index contributed by atoms with van der Waals surface area (Å²) < 4.78 is 54.8. The summed E-state index contributed by atoms with van der Waals surface area (Å²) in [6.07, 6.45) is -2.94. The van der Waals surface area contributed by atoms with Gasteiger partial charge in [-0.3, -0.25) is 0 Å². The van der Waals surface area contributed by atoms with Crippen LogP contribution in [0.4, 0.5) is 13.2 Å². The van der Waals surface area contributed by atoms with E-state index in [9.17, 15) is 23.1 Å². The van der Waals surface area contributed by atoms with Gasteiger partial charge in [0.25, 0.3) is 0 Å². The van der Waals surface area contributed by atoms with Crippen molar-refractivity contribution in [2.45, 2.75) is 32.2 Å². The number of aliphatic hydroxyl groups excluding tert-OH is 1. The average Bonchev–Trinajstić information content (AvgIpc) is 2.70. The molecular formula is C21H21ClF3NO6. The third-order valence-electron chi connectivity index (χ3n) is 3.80. The Balaban J connectivity index is 2.26. The van der Waals surface area contributed by atoms with Gasteiger partial charge in [-0.15, -0.1) is 0 Å². The van der Waals surface area contributed by atoms with Crippen molar-refractivity contribution >= 4 is 23.6 Å². The highest BCUT2D eigenvalue weighted by atomic mass is 35.5. The molecule has 1 atom stereocenters. The molecule has 0 fully saturated rings. The first-order valence-corrected chi connectivity index (χ1v) is 9.71. The maximum absolute atomic E-state index is 12.8. The van der Waals surface area contributed by atoms with Crippen LogP contribution in [0.1, 0.15) is 25.0 Å². The number of pyridine rings is 1. The van der Waals surface area contributed by atoms with Gasteiger partial charge < -0.3 is 24.4 Å². The fourth-order valence-corrected chi connectivity index (χ4v) is 2.50. The molecule has 2 aromatic rings. The second-order valence-corrected chi connectivity index (χ2v) is 7.24. The number of aliphatic hydroxyl groups is 1. The topological polar surface area (TPSA) is 98.1 Å². The van der Waals surface area contributed by atoms with Gasteiger partial charge in [-0.05, 0) is 38.1 Å². The Kier molecular flexibility index (Phi) is 8.88. The van der Waals surface area contributed by atoms with Crippen molar-refractivity contribution in [1.82, 2.24) is 4.98 Å². The number of aromatic nitrogens is 1. The van der Waals surface area contributed by atoms with Gasteiger partial charge in [0.2, 0.25) is 5.88 Å². The van der Waals surface area contributed by atoms with Crippen LogP contribution < -0.4 is 9.47 Å². The maximum Gasteiger partial charge on any atom is 0.417 e. The third-order valence-corrected chi connectivity index (χ3v) is 4.07. The number of carboxylic acids is 1. The number of rotatable bonds is 10. The van der Waals surface area contributed by atoms with Crippen LogP contribution in [0.25, 0.3) is 6.08 Å². The van der Waals surface area contributed by atoms with E-state index < -0.39 is 23.8 Å². The highest BCUT2D eigenvalue weighted by Crippen LogP contribution is 2.36. The van der Waals surface area contributed by atoms with E-state index in [0.29, 0.717) is 12.3 Å². The van der Waals surface area contributed by atoms with Crippen molar-refractivity contribution in [2.75, 3.05) is 13.2 Å². The van der Waals surface area contributed by atoms with Crippen LogP contribution in [0.15, 0.2) is 36.5 Å². The summed E-state index contributed by atoms with van der Waals surface area (Å²) in [5, 5.41) is 18.4. The molecule has 0 spiro atoms. The van der Waals surface area contributed by atoms with E-state index in [4.69, 9.17) is 30.9 Å². The molecule has 0 aliphatic rings. The minimum absolute atomic E-state index is 0.0297. The Bertz CT molecular complexity index is 965. The number of carboxylic acid groups (broad SMARTS) is 1. The number of carbonyl (C=O) groups is 1. The van der Waals surface area contributed by atoms with Crippen LogP contribution >= 0.6 is 11.6 Å². The Hall–Kier alpha value is -2.82. The second kappa shape index (κ2) is 11.2. The lowest BCUT2D eigenvalue weighted by Crippen LogP contribution is -2.25. The molecule has 0 radical (unpaired) electrons. The number of halogens is 4. The van der Waals surface area contributed by atoms with Crippen LogP contribution in [-0.2, 0) is 15.7 Å². The van der Waals surface area contributed by atoms with E-state index >= 15 is 0 Å². The summed E-state index contributed by atoms with van der Waals surface area (Å²) in [4.78, 5) is 14.5. The number of hydrogen-bond acceptors (Lipinski definition) is 6. The molecule has 1 aromatic carbocycles. The fourth-order valence-electron chi connectivity index (χ4n) is 2.30. The molecule has 0 aliphatic carbocycles. The lowest BCUT2D eigenvalue weighted by molar-refractivity contribution is -0.138. The molecule has 1 unspecified atom stereocenters. The summed E-state index contributed by atoms with van der Waals surface area (Å²) in [5.41, 5.74) is -0.767. The molecule has 1 heterocycles. The lowest BCUT2D eigenvalue weighted by Gasteiger charge is -2.16. The van der Waals surface area contributed by atoms with E-state index in [2.05, 4.69) is 4.98 Å². The van der Waals surface area contributed by atoms with Crippen LogP contribution in [0.3, 0.4) is 0 Å². The Morgan fingerprint density at radius 2 is 1.97 bits per heavy atom. The predicted octanol–water partition coefficient (Wildman–Crippen LogP) is 4.81. The van der Waals surface area contributed by atoms with Gasteiger partial charge in [0, 0.05) is 23.9 Å². The molecule has 0 aliphatic heterocycles. The van der Waals surface area contributed by atoms with Crippen LogP contribution in [0, 0.1) is 0 Å². The number of hydrogen-bond donors (Lipinski definition) is 2. The standard InChI is InChI=1S/C21H21ClF3NO6/c1-12(2)30-10-15(27)11-31-16-5-3-13(4-6-19(28)29)18(8-16)32-20-17(22)7-14(9-26-20)21(23,24)25/h3-9,12,15,27H,10-11H2,1-2H3,(H,28,29). The SMILES string of the molecule is CC(C)OCC(O)COc1ccc(C=CC(=O)O)c(Oc2ncc(C(F)(F)F)cc2Cl)c1. The molecule has 7 nitrogen and oxygen atoms in total. The normalized spacial score (nSPS) is 12.9. The smallest absolute Gasteiger partial charge is 0.417 e. The van der Waals surface area contributed by atoms with E-state index in [0.717, 1.165) is 6.08 Å². The van der Waals surface area contributed by atoms with Crippen molar-refractivity contribution in [3.05, 3.63) is 52.7 Å². The molecule has 0 amide bonds. The zero-order chi connectivity index (χ0) is 23.9. The number of nitrogens with zero attached hydrogens (tertiary/aromatic N) is 1. The monoisotopic (exact) mass is 475 g/mol. The van der Waals surface area contributed by atoms with Crippen molar-refractivity contribution < 1.29 is 42.4 Å². The highest BCUT2D eigenvalue weighted by molar-refractivity contribution is 6.31. The van der Waals surface area contributed by atoms with Gasteiger partial charge in [0.1, 0.15) is 29.2 Å². The first kappa shape index (κ1) is 25.4. The van der Waals surface area contributed by atoms with E-state index in [-0.39, 0.29) is 47.3 Å². The quantitative estimate of drug-likeness (QED) is 0.476. The minimum atomic E-state index is -4.63. The van der Waals surface area contributed by atoms with Gasteiger partial charge >= 0.3 is 12.1 Å². The van der Waals surface area contributed by atoms with Crippen molar-refractivity contribution in [3.8, 4) is 17.4 Å². The number of ether oxygens (including phenoxy) is 3. The van der Waals surface area contributed by atoms with Crippen LogP contribution in [0.2, 0.25) is 5.02 Å². The fraction of sp³-hybridized carbons (Fsp3) is 0.333. The van der Waals surface area contributed by atoms with E-state index in [1.165, 1.54) is 24.3 Å². The first-order valence-electron chi connectivity index (χ1n) is 9.34. The summed E-state index contributed by atoms with van der Waals surface area (Å²) in [7, 11) is 0. The molecule has 0 bridgehead atoms. The number of alkyl halides is 3. The summed E-state index contributed by atoms with van der Waals surface area (Å²) in [6, 6.07) is 5.01. The zero-order valence-electron chi connectivity index (χ0n) is 17.1. The van der Waals surface area contributed by atoms with Gasteiger partial charge in [0.15, 0.2) is 0 Å². The number of benzene rings is 1. The summed E-state index contributed by atoms with van der Waals surface area (Å²) in [6.45, 7) is 3.60. The molecular weight excluding hydrogens is 455 g/mol. The zero-order valence-corrected chi connectivity index (χ0v) is 17.9. The van der Waals surface area contributed by atoms with Crippen LogP contribution in [-0.4, -0.2) is 46.6 Å². The minimum Gasteiger partial charge on any atom is -0.491 e. The Labute approximate surface area is 187 Å². The number of aliphatic carboxylic acids is 1. The van der Waals surface area contributed by atoms with Gasteiger partial charge in [-0.1, -0.05) is 11.6 Å². The lowest BCUT2D eigenvalue weighted by atomic mass is 10.1. The third kappa shape index (κ3) is 8.03. The van der Waals surface area contributed by atoms with Gasteiger partial charge in [-0.25, -0.2) is 9.78 Å². The summed E-state index contributed by atoms with van der Waals surface area (Å²) >= 11 is 5.89. The van der Waals surface area contributed by atoms with Crippen LogP contribution in [0.5, 0.6) is 17.4 Å². The Morgan fingerprint density at radius 1 is 1.25 bits per heavy atom. The molecule has 2 rings (SSSR count). The van der Waals surface area contributed by atoms with Gasteiger partial charge in [-0.2, -0.15) is 13.2 Å². The van der Waals surface area contributed by atoms with Gasteiger partial charge in [0.05, 0.1) is 18.3 Å². The molecule has 1 aromatic heterocycles. The summed E-state index contributed by atoms with van der Waals surface area (Å²) in [5.74, 6) is -1.25. The molecule has 11 heteroatoms. The van der Waals surface area contributed by atoms with Crippen molar-refractivity contribution in [3.63, 3.8) is 0 Å². The largest absolute Gasteiger partial charge is 0.491 e. The Morgan fingerprint density at radius 3 is 2.56 bits per heavy atom. The predicted molar refractivity (Wildman–Crippen MR) is 110 cm³/mol. The average molecular weight is 476 g/mol. The van der Waals surface area contributed by atoms with Crippen molar-refractivity contribution in [2.24, 2.45) is 0 Å². The highest BCUT2D eigenvalue weighted by Gasteiger charge is 2.32. The van der Waals surface area contributed by atoms with Crippen molar-refractivity contribution in [1.29, 1.82) is 0 Å². The molecule has 0 saturated heterocycles. The molecule has 0 saturated carbocycles. The molecule has 32 heavy (non-hydrogen) atoms. The van der Waals surface area contributed by atoms with E-state index in [1.807, 2.05) is 13.8 Å². The molecule has 2 N–H and O–H groups in total. The maximum atomic E-state index is 12.8. The first-order chi connectivity index (χ1) is 15.0. The van der Waals surface area contributed by atoms with E-state index in [1.54, 1.807) is 0 Å². The molecule has 174 valence electrons.